The third-order valence-corrected chi connectivity index (χ3v) is 2.05. The van der Waals surface area contributed by atoms with Crippen LogP contribution in [-0.4, -0.2) is 30.4 Å². The first-order chi connectivity index (χ1) is 5.84. The van der Waals surface area contributed by atoms with E-state index in [0.29, 0.717) is 6.54 Å². The summed E-state index contributed by atoms with van der Waals surface area (Å²) in [5.41, 5.74) is 5.29. The van der Waals surface area contributed by atoms with Crippen molar-refractivity contribution in [2.24, 2.45) is 5.73 Å². The van der Waals surface area contributed by atoms with Gasteiger partial charge in [0.15, 0.2) is 0 Å². The van der Waals surface area contributed by atoms with Crippen LogP contribution in [0.25, 0.3) is 0 Å². The number of amides is 1. The fourth-order valence-electron chi connectivity index (χ4n) is 1.35. The lowest BCUT2D eigenvalue weighted by Crippen LogP contribution is -2.35. The van der Waals surface area contributed by atoms with Gasteiger partial charge in [-0.15, -0.1) is 0 Å². The summed E-state index contributed by atoms with van der Waals surface area (Å²) in [4.78, 5) is 13.1. The number of rotatable bonds is 3. The molecule has 0 aromatic carbocycles. The highest BCUT2D eigenvalue weighted by Crippen LogP contribution is 2.09. The maximum Gasteiger partial charge on any atom is 0.222 e. The Kier molecular flexibility index (Phi) is 3.80. The maximum atomic E-state index is 11.2. The average Bonchev–Trinajstić information content (AvgIpc) is 2.09. The smallest absolute Gasteiger partial charge is 0.222 e. The Morgan fingerprint density at radius 1 is 1.42 bits per heavy atom. The lowest BCUT2D eigenvalue weighted by atomic mass is 10.1. The Morgan fingerprint density at radius 2 is 2.25 bits per heavy atom. The summed E-state index contributed by atoms with van der Waals surface area (Å²) in [6.45, 7) is 2.20. The minimum Gasteiger partial charge on any atom is -0.339 e. The van der Waals surface area contributed by atoms with E-state index < -0.39 is 0 Å². The lowest BCUT2D eigenvalue weighted by Gasteiger charge is -2.25. The van der Waals surface area contributed by atoms with Crippen molar-refractivity contribution in [3.05, 3.63) is 12.2 Å². The molecule has 1 amide bonds. The van der Waals surface area contributed by atoms with E-state index in [2.05, 4.69) is 0 Å². The number of nitrogens with two attached hydrogens (primary N) is 1. The van der Waals surface area contributed by atoms with Gasteiger partial charge < -0.3 is 10.6 Å². The molecule has 0 unspecified atom stereocenters. The fraction of sp³-hybridized carbons (Fsp3) is 0.667. The predicted molar refractivity (Wildman–Crippen MR) is 48.6 cm³/mol. The third kappa shape index (κ3) is 2.66. The molecule has 0 bridgehead atoms. The Bertz CT molecular complexity index is 177. The molecule has 68 valence electrons. The molecule has 1 aliphatic heterocycles. The number of carbonyl (C=O) groups is 1. The number of nitrogens with zero attached hydrogens (tertiary/aromatic N) is 1. The molecule has 1 aliphatic rings. The zero-order valence-electron chi connectivity index (χ0n) is 7.33. The van der Waals surface area contributed by atoms with Crippen LogP contribution in [-0.2, 0) is 4.79 Å². The van der Waals surface area contributed by atoms with Crippen molar-refractivity contribution in [3.8, 4) is 0 Å². The van der Waals surface area contributed by atoms with Crippen LogP contribution in [0.3, 0.4) is 0 Å². The summed E-state index contributed by atoms with van der Waals surface area (Å²) in [7, 11) is 0. The van der Waals surface area contributed by atoms with Gasteiger partial charge in [-0.1, -0.05) is 12.2 Å². The highest BCUT2D eigenvalue weighted by molar-refractivity contribution is 5.76. The first-order valence-electron chi connectivity index (χ1n) is 4.47. The molecule has 3 heteroatoms. The highest BCUT2D eigenvalue weighted by Gasteiger charge is 2.15. The topological polar surface area (TPSA) is 46.3 Å². The summed E-state index contributed by atoms with van der Waals surface area (Å²) < 4.78 is 0. The van der Waals surface area contributed by atoms with Crippen molar-refractivity contribution >= 4 is 5.91 Å². The molecule has 1 saturated heterocycles. The molecule has 1 fully saturated rings. The maximum absolute atomic E-state index is 11.2. The molecule has 12 heavy (non-hydrogen) atoms. The van der Waals surface area contributed by atoms with E-state index in [-0.39, 0.29) is 5.91 Å². The van der Waals surface area contributed by atoms with Gasteiger partial charge in [0.05, 0.1) is 0 Å². The minimum absolute atomic E-state index is 0.280. The summed E-state index contributed by atoms with van der Waals surface area (Å²) >= 11 is 0. The first-order valence-corrected chi connectivity index (χ1v) is 4.47. The van der Waals surface area contributed by atoms with Crippen molar-refractivity contribution in [1.82, 2.24) is 4.90 Å². The van der Waals surface area contributed by atoms with Gasteiger partial charge in [-0.3, -0.25) is 4.79 Å². The average molecular weight is 168 g/mol. The molecule has 1 rings (SSSR count). The van der Waals surface area contributed by atoms with Crippen LogP contribution in [0.15, 0.2) is 12.2 Å². The molecule has 3 nitrogen and oxygen atoms in total. The Hall–Kier alpha value is -0.830. The fourth-order valence-corrected chi connectivity index (χ4v) is 1.35. The Balaban J connectivity index is 2.29. The Morgan fingerprint density at radius 3 is 2.92 bits per heavy atom. The number of hydrogen-bond acceptors (Lipinski definition) is 2. The molecule has 0 aromatic heterocycles. The van der Waals surface area contributed by atoms with Gasteiger partial charge in [-0.25, -0.2) is 0 Å². The zero-order chi connectivity index (χ0) is 8.81. The lowest BCUT2D eigenvalue weighted by molar-refractivity contribution is -0.132. The van der Waals surface area contributed by atoms with E-state index in [1.807, 2.05) is 17.1 Å². The van der Waals surface area contributed by atoms with Crippen LogP contribution in [0.1, 0.15) is 19.3 Å². The normalized spacial score (nSPS) is 19.1. The van der Waals surface area contributed by atoms with Crippen molar-refractivity contribution in [3.63, 3.8) is 0 Å². The van der Waals surface area contributed by atoms with Crippen LogP contribution in [0, 0.1) is 0 Å². The predicted octanol–water partition coefficient (Wildman–Crippen LogP) is 0.514. The number of hydrogen-bond donors (Lipinski definition) is 1. The molecule has 0 radical (unpaired) electrons. The molecule has 0 aliphatic carbocycles. The van der Waals surface area contributed by atoms with Crippen molar-refractivity contribution in [2.45, 2.75) is 19.3 Å². The van der Waals surface area contributed by atoms with E-state index in [4.69, 9.17) is 5.73 Å². The number of likely N-dealkylation sites (tertiary alicyclic amines) is 1. The van der Waals surface area contributed by atoms with Gasteiger partial charge in [0, 0.05) is 26.1 Å². The van der Waals surface area contributed by atoms with Crippen LogP contribution in [0.5, 0.6) is 0 Å². The molecule has 0 aromatic rings. The van der Waals surface area contributed by atoms with Crippen LogP contribution in [0.4, 0.5) is 0 Å². The Labute approximate surface area is 73.2 Å². The molecule has 0 atom stereocenters. The molecular formula is C9H16N2O. The van der Waals surface area contributed by atoms with Crippen LogP contribution < -0.4 is 5.73 Å². The standard InChI is InChI=1S/C9H16N2O/c10-6-2-4-8-11-7-3-1-5-9(11)12/h2,4H,1,3,5-8,10H2/b4-2+. The summed E-state index contributed by atoms with van der Waals surface area (Å²) in [6, 6.07) is 0. The van der Waals surface area contributed by atoms with E-state index in [9.17, 15) is 4.79 Å². The zero-order valence-corrected chi connectivity index (χ0v) is 7.33. The number of carbonyl (C=O) groups excluding carboxylic acids is 1. The van der Waals surface area contributed by atoms with E-state index >= 15 is 0 Å². The second kappa shape index (κ2) is 4.93. The van der Waals surface area contributed by atoms with Gasteiger partial charge in [-0.2, -0.15) is 0 Å². The van der Waals surface area contributed by atoms with Gasteiger partial charge in [-0.05, 0) is 12.8 Å². The quantitative estimate of drug-likeness (QED) is 0.624. The molecule has 2 N–H and O–H groups in total. The van der Waals surface area contributed by atoms with Gasteiger partial charge in [0.1, 0.15) is 0 Å². The summed E-state index contributed by atoms with van der Waals surface area (Å²) in [5, 5.41) is 0. The molecule has 0 spiro atoms. The molecule has 1 heterocycles. The van der Waals surface area contributed by atoms with Crippen LogP contribution in [0.2, 0.25) is 0 Å². The monoisotopic (exact) mass is 168 g/mol. The second-order valence-electron chi connectivity index (χ2n) is 3.00. The first kappa shape index (κ1) is 9.26. The van der Waals surface area contributed by atoms with Gasteiger partial charge in [0.25, 0.3) is 0 Å². The van der Waals surface area contributed by atoms with E-state index in [1.165, 1.54) is 0 Å². The van der Waals surface area contributed by atoms with Crippen molar-refractivity contribution in [1.29, 1.82) is 0 Å². The molecular weight excluding hydrogens is 152 g/mol. The summed E-state index contributed by atoms with van der Waals surface area (Å²) in [5.74, 6) is 0.280. The third-order valence-electron chi connectivity index (χ3n) is 2.05. The molecule has 0 saturated carbocycles. The van der Waals surface area contributed by atoms with Crippen molar-refractivity contribution < 1.29 is 4.79 Å². The van der Waals surface area contributed by atoms with Gasteiger partial charge in [0.2, 0.25) is 5.91 Å². The SMILES string of the molecule is NC/C=C/CN1CCCCC1=O. The van der Waals surface area contributed by atoms with Gasteiger partial charge >= 0.3 is 0 Å². The highest BCUT2D eigenvalue weighted by atomic mass is 16.2. The number of piperidine rings is 1. The minimum atomic E-state index is 0.280. The second-order valence-corrected chi connectivity index (χ2v) is 3.00. The van der Waals surface area contributed by atoms with E-state index in [1.54, 1.807) is 0 Å². The summed E-state index contributed by atoms with van der Waals surface area (Å²) in [6.07, 6.45) is 6.76. The van der Waals surface area contributed by atoms with E-state index in [0.717, 1.165) is 32.4 Å². The largest absolute Gasteiger partial charge is 0.339 e. The van der Waals surface area contributed by atoms with Crippen LogP contribution >= 0.6 is 0 Å². The van der Waals surface area contributed by atoms with Crippen molar-refractivity contribution in [2.75, 3.05) is 19.6 Å².